The van der Waals surface area contributed by atoms with E-state index in [2.05, 4.69) is 51.9 Å². The van der Waals surface area contributed by atoms with Gasteiger partial charge in [0, 0.05) is 12.1 Å². The maximum atomic E-state index is 3.82. The summed E-state index contributed by atoms with van der Waals surface area (Å²) in [6, 6.07) is 1.48. The molecule has 1 saturated carbocycles. The van der Waals surface area contributed by atoms with E-state index >= 15 is 0 Å². The van der Waals surface area contributed by atoms with Gasteiger partial charge in [0.25, 0.3) is 0 Å². The first kappa shape index (κ1) is 13.4. The smallest absolute Gasteiger partial charge is 0.00941 e. The molecule has 1 heterocycles. The zero-order valence-corrected chi connectivity index (χ0v) is 12.5. The van der Waals surface area contributed by atoms with Crippen LogP contribution in [0.15, 0.2) is 0 Å². The average Bonchev–Trinajstić information content (AvgIpc) is 2.61. The number of nitrogens with one attached hydrogen (secondary N) is 1. The lowest BCUT2D eigenvalue weighted by molar-refractivity contribution is 0.167. The zero-order valence-electron chi connectivity index (χ0n) is 12.5. The van der Waals surface area contributed by atoms with Gasteiger partial charge in [-0.2, -0.15) is 0 Å². The molecule has 2 nitrogen and oxygen atoms in total. The Balaban J connectivity index is 1.77. The van der Waals surface area contributed by atoms with Crippen molar-refractivity contribution in [2.24, 2.45) is 16.7 Å². The van der Waals surface area contributed by atoms with Crippen molar-refractivity contribution in [1.82, 2.24) is 10.2 Å². The molecule has 0 bridgehead atoms. The molecule has 17 heavy (non-hydrogen) atoms. The van der Waals surface area contributed by atoms with Crippen LogP contribution in [0.1, 0.15) is 47.5 Å². The molecule has 1 N–H and O–H groups in total. The predicted molar refractivity (Wildman–Crippen MR) is 74.2 cm³/mol. The van der Waals surface area contributed by atoms with E-state index in [0.717, 1.165) is 18.0 Å². The lowest BCUT2D eigenvalue weighted by Gasteiger charge is -2.35. The van der Waals surface area contributed by atoms with Crippen LogP contribution in [0.4, 0.5) is 0 Å². The van der Waals surface area contributed by atoms with Crippen molar-refractivity contribution < 1.29 is 0 Å². The van der Waals surface area contributed by atoms with Crippen LogP contribution >= 0.6 is 0 Å². The lowest BCUT2D eigenvalue weighted by Crippen LogP contribution is -2.46. The standard InChI is InChI=1S/C15H30N2/c1-11-9-12(7-8-17(11)6)16-10-13-14(2,3)15(13,4)5/h11-13,16H,7-10H2,1-6H3. The number of nitrogens with zero attached hydrogens (tertiary/aromatic N) is 1. The molecule has 100 valence electrons. The van der Waals surface area contributed by atoms with Crippen LogP contribution < -0.4 is 5.32 Å². The maximum Gasteiger partial charge on any atom is 0.00941 e. The summed E-state index contributed by atoms with van der Waals surface area (Å²) in [4.78, 5) is 2.48. The van der Waals surface area contributed by atoms with E-state index in [1.807, 2.05) is 0 Å². The van der Waals surface area contributed by atoms with Crippen LogP contribution in [0.25, 0.3) is 0 Å². The van der Waals surface area contributed by atoms with Gasteiger partial charge in [0.2, 0.25) is 0 Å². The van der Waals surface area contributed by atoms with Gasteiger partial charge in [0.1, 0.15) is 0 Å². The summed E-state index contributed by atoms with van der Waals surface area (Å²) in [6.45, 7) is 14.5. The number of rotatable bonds is 3. The summed E-state index contributed by atoms with van der Waals surface area (Å²) in [5, 5.41) is 3.82. The second kappa shape index (κ2) is 4.24. The third kappa shape index (κ3) is 2.26. The highest BCUT2D eigenvalue weighted by Crippen LogP contribution is 2.67. The summed E-state index contributed by atoms with van der Waals surface area (Å²) in [7, 11) is 2.24. The molecule has 1 aliphatic carbocycles. The summed E-state index contributed by atoms with van der Waals surface area (Å²) in [5.41, 5.74) is 1.05. The fourth-order valence-corrected chi connectivity index (χ4v) is 3.60. The molecule has 0 aromatic heterocycles. The van der Waals surface area contributed by atoms with Gasteiger partial charge in [-0.25, -0.2) is 0 Å². The third-order valence-corrected chi connectivity index (χ3v) is 6.14. The highest BCUT2D eigenvalue weighted by molar-refractivity contribution is 5.13. The molecular formula is C15H30N2. The molecular weight excluding hydrogens is 208 g/mol. The second-order valence-corrected chi connectivity index (χ2v) is 7.46. The number of hydrogen-bond acceptors (Lipinski definition) is 2. The van der Waals surface area contributed by atoms with Crippen molar-refractivity contribution in [3.63, 3.8) is 0 Å². The molecule has 2 atom stereocenters. The summed E-state index contributed by atoms with van der Waals surface area (Å²) in [6.07, 6.45) is 2.62. The highest BCUT2D eigenvalue weighted by atomic mass is 15.1. The molecule has 2 rings (SSSR count). The minimum absolute atomic E-state index is 0.525. The maximum absolute atomic E-state index is 3.82. The highest BCUT2D eigenvalue weighted by Gasteiger charge is 2.63. The SMILES string of the molecule is CC1CC(NCC2C(C)(C)C2(C)C)CCN1C. The average molecular weight is 238 g/mol. The Bertz CT molecular complexity index is 269. The molecule has 0 radical (unpaired) electrons. The Kier molecular flexibility index (Phi) is 3.33. The van der Waals surface area contributed by atoms with E-state index in [1.165, 1.54) is 25.9 Å². The van der Waals surface area contributed by atoms with Crippen molar-refractivity contribution in [3.8, 4) is 0 Å². The van der Waals surface area contributed by atoms with E-state index in [-0.39, 0.29) is 0 Å². The van der Waals surface area contributed by atoms with Crippen LogP contribution in [0.5, 0.6) is 0 Å². The Morgan fingerprint density at radius 2 is 1.76 bits per heavy atom. The van der Waals surface area contributed by atoms with E-state index in [9.17, 15) is 0 Å². The Morgan fingerprint density at radius 1 is 1.18 bits per heavy atom. The summed E-state index contributed by atoms with van der Waals surface area (Å²) >= 11 is 0. The quantitative estimate of drug-likeness (QED) is 0.813. The number of likely N-dealkylation sites (tertiary alicyclic amines) is 1. The number of piperidine rings is 1. The van der Waals surface area contributed by atoms with Gasteiger partial charge >= 0.3 is 0 Å². The van der Waals surface area contributed by atoms with E-state index in [1.54, 1.807) is 0 Å². The first-order valence-electron chi connectivity index (χ1n) is 7.20. The van der Waals surface area contributed by atoms with Gasteiger partial charge < -0.3 is 10.2 Å². The lowest BCUT2D eigenvalue weighted by atomic mass is 9.98. The first-order chi connectivity index (χ1) is 7.76. The van der Waals surface area contributed by atoms with E-state index in [4.69, 9.17) is 0 Å². The minimum atomic E-state index is 0.525. The van der Waals surface area contributed by atoms with Crippen LogP contribution in [0.3, 0.4) is 0 Å². The fraction of sp³-hybridized carbons (Fsp3) is 1.00. The van der Waals surface area contributed by atoms with Gasteiger partial charge in [0.15, 0.2) is 0 Å². The van der Waals surface area contributed by atoms with Crippen molar-refractivity contribution in [3.05, 3.63) is 0 Å². The minimum Gasteiger partial charge on any atom is -0.314 e. The molecule has 2 unspecified atom stereocenters. The van der Waals surface area contributed by atoms with E-state index in [0.29, 0.717) is 10.8 Å². The zero-order chi connectivity index (χ0) is 12.8. The summed E-state index contributed by atoms with van der Waals surface area (Å²) in [5.74, 6) is 0.852. The van der Waals surface area contributed by atoms with Crippen LogP contribution in [0.2, 0.25) is 0 Å². The molecule has 2 heteroatoms. The molecule has 2 aliphatic rings. The normalized spacial score (nSPS) is 37.1. The molecule has 0 aromatic rings. The topological polar surface area (TPSA) is 15.3 Å². The molecule has 0 amide bonds. The van der Waals surface area contributed by atoms with Crippen molar-refractivity contribution in [1.29, 1.82) is 0 Å². The molecule has 0 aromatic carbocycles. The first-order valence-corrected chi connectivity index (χ1v) is 7.20. The fourth-order valence-electron chi connectivity index (χ4n) is 3.60. The Hall–Kier alpha value is -0.0800. The predicted octanol–water partition coefficient (Wildman–Crippen LogP) is 2.74. The molecule has 1 saturated heterocycles. The third-order valence-electron chi connectivity index (χ3n) is 6.14. The van der Waals surface area contributed by atoms with Crippen LogP contribution in [-0.2, 0) is 0 Å². The monoisotopic (exact) mass is 238 g/mol. The van der Waals surface area contributed by atoms with Crippen molar-refractivity contribution in [2.45, 2.75) is 59.5 Å². The summed E-state index contributed by atoms with van der Waals surface area (Å²) < 4.78 is 0. The van der Waals surface area contributed by atoms with Crippen LogP contribution in [0, 0.1) is 16.7 Å². The van der Waals surface area contributed by atoms with Gasteiger partial charge in [-0.1, -0.05) is 27.7 Å². The largest absolute Gasteiger partial charge is 0.314 e. The van der Waals surface area contributed by atoms with Crippen molar-refractivity contribution in [2.75, 3.05) is 20.1 Å². The Labute approximate surface area is 107 Å². The molecule has 0 spiro atoms. The molecule has 1 aliphatic heterocycles. The van der Waals surface area contributed by atoms with Gasteiger partial charge in [0.05, 0.1) is 0 Å². The van der Waals surface area contributed by atoms with E-state index < -0.39 is 0 Å². The molecule has 2 fully saturated rings. The van der Waals surface area contributed by atoms with Crippen molar-refractivity contribution >= 4 is 0 Å². The second-order valence-electron chi connectivity index (χ2n) is 7.46. The van der Waals surface area contributed by atoms with Gasteiger partial charge in [-0.3, -0.25) is 0 Å². The van der Waals surface area contributed by atoms with Gasteiger partial charge in [-0.15, -0.1) is 0 Å². The Morgan fingerprint density at radius 3 is 2.24 bits per heavy atom. The van der Waals surface area contributed by atoms with Crippen LogP contribution in [-0.4, -0.2) is 37.1 Å². The number of hydrogen-bond donors (Lipinski definition) is 1. The van der Waals surface area contributed by atoms with Gasteiger partial charge in [-0.05, 0) is 56.7 Å².